The topological polar surface area (TPSA) is 112 Å². The molecule has 0 unspecified atom stereocenters. The highest BCUT2D eigenvalue weighted by molar-refractivity contribution is 5.94. The van der Waals surface area contributed by atoms with Gasteiger partial charge in [0.2, 0.25) is 11.7 Å². The van der Waals surface area contributed by atoms with E-state index in [1.54, 1.807) is 19.2 Å². The molecule has 41 heavy (non-hydrogen) atoms. The number of alkyl halides is 1. The molecule has 1 aromatic heterocycles. The Morgan fingerprint density at radius 3 is 2.41 bits per heavy atom. The first-order valence-corrected chi connectivity index (χ1v) is 15.1. The van der Waals surface area contributed by atoms with Gasteiger partial charge in [-0.25, -0.2) is 9.18 Å². The molecule has 2 aromatic rings. The van der Waals surface area contributed by atoms with Gasteiger partial charge >= 0.3 is 5.97 Å². The van der Waals surface area contributed by atoms with E-state index in [0.29, 0.717) is 30.9 Å². The maximum Gasteiger partial charge on any atom is 0.373 e. The largest absolute Gasteiger partial charge is 0.463 e. The number of esters is 1. The number of benzene rings is 1. The van der Waals surface area contributed by atoms with Crippen LogP contribution in [0, 0.1) is 23.7 Å². The zero-order valence-electron chi connectivity index (χ0n) is 24.2. The maximum absolute atomic E-state index is 14.1. The van der Waals surface area contributed by atoms with Crippen LogP contribution in [0.1, 0.15) is 73.9 Å². The summed E-state index contributed by atoms with van der Waals surface area (Å²) >= 11 is 0. The summed E-state index contributed by atoms with van der Waals surface area (Å²) in [5, 5.41) is 0.729. The number of hydrogen-bond donors (Lipinski definition) is 1. The average Bonchev–Trinajstić information content (AvgIpc) is 3.65. The summed E-state index contributed by atoms with van der Waals surface area (Å²) in [5.74, 6) is 0.167. The minimum absolute atomic E-state index is 0.0545. The molecule has 3 fully saturated rings. The third-order valence-electron chi connectivity index (χ3n) is 9.97. The molecule has 2 aliphatic carbocycles. The summed E-state index contributed by atoms with van der Waals surface area (Å²) in [6.45, 7) is 0.0604. The van der Waals surface area contributed by atoms with Crippen LogP contribution in [0.3, 0.4) is 0 Å². The normalized spacial score (nSPS) is 29.4. The number of rotatable bonds is 9. The highest BCUT2D eigenvalue weighted by Gasteiger charge is 2.47. The second-order valence-electron chi connectivity index (χ2n) is 12.2. The number of methoxy groups -OCH3 is 2. The number of carbonyl (C=O) groups excluding carboxylic acids is 3. The lowest BCUT2D eigenvalue weighted by molar-refractivity contribution is -0.143. The van der Waals surface area contributed by atoms with Gasteiger partial charge in [-0.15, -0.1) is 0 Å². The molecule has 5 rings (SSSR count). The zero-order valence-corrected chi connectivity index (χ0v) is 24.2. The van der Waals surface area contributed by atoms with E-state index in [-0.39, 0.29) is 47.7 Å². The fourth-order valence-electron chi connectivity index (χ4n) is 7.59. The number of hydrogen-bond acceptors (Lipinski definition) is 7. The van der Waals surface area contributed by atoms with Crippen molar-refractivity contribution in [1.82, 2.24) is 4.90 Å². The van der Waals surface area contributed by atoms with E-state index >= 15 is 0 Å². The van der Waals surface area contributed by atoms with E-state index in [0.717, 1.165) is 55.9 Å². The van der Waals surface area contributed by atoms with Crippen molar-refractivity contribution in [3.8, 4) is 0 Å². The lowest BCUT2D eigenvalue weighted by Gasteiger charge is -2.37. The van der Waals surface area contributed by atoms with E-state index in [1.165, 1.54) is 7.11 Å². The molecule has 1 aliphatic heterocycles. The molecule has 9 heteroatoms. The van der Waals surface area contributed by atoms with Crippen LogP contribution >= 0.6 is 0 Å². The molecule has 224 valence electrons. The summed E-state index contributed by atoms with van der Waals surface area (Å²) in [6, 6.07) is 6.20. The van der Waals surface area contributed by atoms with Gasteiger partial charge in [0.15, 0.2) is 5.78 Å². The van der Waals surface area contributed by atoms with Gasteiger partial charge in [0.1, 0.15) is 12.3 Å². The molecule has 1 aromatic carbocycles. The molecule has 2 saturated carbocycles. The molecule has 0 radical (unpaired) electrons. The first-order valence-electron chi connectivity index (χ1n) is 15.1. The van der Waals surface area contributed by atoms with Gasteiger partial charge in [0, 0.05) is 37.4 Å². The molecular formula is C32H43FN2O6. The Morgan fingerprint density at radius 2 is 1.76 bits per heavy atom. The molecule has 0 spiro atoms. The smallest absolute Gasteiger partial charge is 0.373 e. The number of furan rings is 1. The average molecular weight is 571 g/mol. The zero-order chi connectivity index (χ0) is 29.1. The molecule has 2 N–H and O–H groups in total. The Morgan fingerprint density at radius 1 is 1.02 bits per heavy atom. The summed E-state index contributed by atoms with van der Waals surface area (Å²) in [4.78, 5) is 41.8. The number of nitrogens with two attached hydrogens (primary N) is 1. The lowest BCUT2D eigenvalue weighted by Crippen LogP contribution is -2.48. The van der Waals surface area contributed by atoms with Crippen molar-refractivity contribution in [3.63, 3.8) is 0 Å². The first kappa shape index (κ1) is 29.7. The third kappa shape index (κ3) is 6.36. The molecule has 3 atom stereocenters. The predicted octanol–water partition coefficient (Wildman–Crippen LogP) is 4.86. The van der Waals surface area contributed by atoms with Gasteiger partial charge < -0.3 is 24.5 Å². The molecule has 0 bridgehead atoms. The fourth-order valence-corrected chi connectivity index (χ4v) is 7.59. The first-order chi connectivity index (χ1) is 19.8. The van der Waals surface area contributed by atoms with E-state index < -0.39 is 24.7 Å². The monoisotopic (exact) mass is 570 g/mol. The lowest BCUT2D eigenvalue weighted by atomic mass is 9.74. The second kappa shape index (κ2) is 13.0. The van der Waals surface area contributed by atoms with Crippen LogP contribution in [0.5, 0.6) is 0 Å². The quantitative estimate of drug-likeness (QED) is 0.429. The Labute approximate surface area is 241 Å². The fraction of sp³-hybridized carbons (Fsp3) is 0.656. The number of ether oxygens (including phenoxy) is 2. The Hall–Kier alpha value is -2.78. The van der Waals surface area contributed by atoms with E-state index in [2.05, 4.69) is 0 Å². The summed E-state index contributed by atoms with van der Waals surface area (Å²) in [7, 11) is 3.06. The number of ketones is 1. The van der Waals surface area contributed by atoms with Crippen LogP contribution in [-0.4, -0.2) is 68.2 Å². The van der Waals surface area contributed by atoms with Crippen molar-refractivity contribution < 1.29 is 32.7 Å². The van der Waals surface area contributed by atoms with Crippen molar-refractivity contribution in [2.24, 2.45) is 29.4 Å². The predicted molar refractivity (Wildman–Crippen MR) is 152 cm³/mol. The number of nitrogens with zero attached hydrogens (tertiary/aromatic N) is 1. The molecular weight excluding hydrogens is 527 g/mol. The van der Waals surface area contributed by atoms with Crippen LogP contribution in [0.4, 0.5) is 4.39 Å². The minimum Gasteiger partial charge on any atom is -0.463 e. The van der Waals surface area contributed by atoms with E-state index in [1.807, 2.05) is 17.0 Å². The van der Waals surface area contributed by atoms with Crippen molar-refractivity contribution >= 4 is 28.6 Å². The van der Waals surface area contributed by atoms with Crippen LogP contribution in [0.2, 0.25) is 0 Å². The highest BCUT2D eigenvalue weighted by atomic mass is 19.1. The number of halogens is 1. The molecule has 8 nitrogen and oxygen atoms in total. The van der Waals surface area contributed by atoms with Gasteiger partial charge in [-0.05, 0) is 99.3 Å². The van der Waals surface area contributed by atoms with Gasteiger partial charge in [-0.1, -0.05) is 6.07 Å². The van der Waals surface area contributed by atoms with Crippen molar-refractivity contribution in [3.05, 3.63) is 35.6 Å². The number of carbonyl (C=O) groups is 3. The van der Waals surface area contributed by atoms with Gasteiger partial charge in [0.05, 0.1) is 19.3 Å². The van der Waals surface area contributed by atoms with Gasteiger partial charge in [-0.2, -0.15) is 0 Å². The second-order valence-corrected chi connectivity index (χ2v) is 12.2. The van der Waals surface area contributed by atoms with Crippen molar-refractivity contribution in [2.75, 3.05) is 27.4 Å². The third-order valence-corrected chi connectivity index (χ3v) is 9.97. The number of amides is 1. The van der Waals surface area contributed by atoms with Crippen LogP contribution < -0.4 is 5.73 Å². The molecule has 1 amide bonds. The summed E-state index contributed by atoms with van der Waals surface area (Å²) in [5.41, 5.74) is 7.32. The molecule has 1 saturated heterocycles. The number of fused-ring (bicyclic) bond motifs is 1. The van der Waals surface area contributed by atoms with E-state index in [4.69, 9.17) is 19.6 Å². The standard InChI is InChI=1S/C32H43FN2O6/c1-39-24-10-8-20(9-11-24)25-13-14-35(31(37)22-6-4-21(5-7-22)26(34)18-33)30(25)27(36)16-19-3-12-28-23(15-19)17-29(41-28)32(38)40-2/h3,12,15,17,20-22,24-26,30H,4-11,13-14,16,18,34H2,1-2H3/t20?,21?,22?,24?,25-,26+,30-/m0/s1. The number of likely N-dealkylation sites (tertiary alicyclic amines) is 1. The van der Waals surface area contributed by atoms with Crippen LogP contribution in [0.15, 0.2) is 28.7 Å². The molecule has 3 aliphatic rings. The van der Waals surface area contributed by atoms with E-state index in [9.17, 15) is 18.8 Å². The maximum atomic E-state index is 14.1. The highest BCUT2D eigenvalue weighted by Crippen LogP contribution is 2.42. The molecule has 2 heterocycles. The summed E-state index contributed by atoms with van der Waals surface area (Å²) in [6.07, 6.45) is 8.12. The Bertz CT molecular complexity index is 1230. The van der Waals surface area contributed by atoms with Crippen molar-refractivity contribution in [1.29, 1.82) is 0 Å². The van der Waals surface area contributed by atoms with Gasteiger partial charge in [-0.3, -0.25) is 9.59 Å². The van der Waals surface area contributed by atoms with Crippen LogP contribution in [0.25, 0.3) is 11.0 Å². The Kier molecular flexibility index (Phi) is 9.44. The van der Waals surface area contributed by atoms with Gasteiger partial charge in [0.25, 0.3) is 0 Å². The minimum atomic E-state index is -0.550. The Balaban J connectivity index is 1.34. The number of Topliss-reactive ketones (excluding diaryl/α,β-unsaturated/α-hetero) is 1. The summed E-state index contributed by atoms with van der Waals surface area (Å²) < 4.78 is 29.1. The van der Waals surface area contributed by atoms with Crippen LogP contribution in [-0.2, 0) is 25.5 Å². The van der Waals surface area contributed by atoms with Crippen molar-refractivity contribution in [2.45, 2.75) is 82.4 Å². The SMILES string of the molecule is COC(=O)c1cc2cc(CC(=O)[C@@H]3[C@H](C4CCC(OC)CC4)CCN3C(=O)C3CCC([C@H](N)CF)CC3)ccc2o1.